The fraction of sp³-hybridized carbons (Fsp3) is 0.150. The molecule has 0 bridgehead atoms. The van der Waals surface area contributed by atoms with Crippen molar-refractivity contribution in [1.82, 2.24) is 4.98 Å². The molecule has 0 spiro atoms. The third-order valence-corrected chi connectivity index (χ3v) is 4.93. The van der Waals surface area contributed by atoms with Crippen molar-refractivity contribution in [2.45, 2.75) is 13.8 Å². The second-order valence-corrected chi connectivity index (χ2v) is 7.04. The highest BCUT2D eigenvalue weighted by Crippen LogP contribution is 2.23. The van der Waals surface area contributed by atoms with E-state index in [4.69, 9.17) is 4.74 Å². The summed E-state index contributed by atoms with van der Waals surface area (Å²) in [6, 6.07) is 14.0. The molecule has 0 aliphatic rings. The van der Waals surface area contributed by atoms with E-state index in [2.05, 4.69) is 15.6 Å². The Hall–Kier alpha value is -3.19. The largest absolute Gasteiger partial charge is 0.497 e. The maximum atomic E-state index is 12.7. The Kier molecular flexibility index (Phi) is 5.52. The standard InChI is InChI=1S/C20H19N3O3S/c1-12-18(27-13(2)21-12)20(25)23-17-10-5-4-9-16(17)19(24)22-14-7-6-8-15(11-14)26-3/h4-11H,1-3H3,(H,22,24)(H,23,25). The monoisotopic (exact) mass is 381 g/mol. The number of aryl methyl sites for hydroxylation is 2. The minimum Gasteiger partial charge on any atom is -0.497 e. The average Bonchev–Trinajstić information content (AvgIpc) is 3.00. The molecule has 0 fully saturated rings. The van der Waals surface area contributed by atoms with Crippen LogP contribution in [0.5, 0.6) is 5.75 Å². The number of aromatic nitrogens is 1. The van der Waals surface area contributed by atoms with Gasteiger partial charge in [-0.3, -0.25) is 9.59 Å². The Morgan fingerprint density at radius 2 is 1.78 bits per heavy atom. The summed E-state index contributed by atoms with van der Waals surface area (Å²) in [4.78, 5) is 30.1. The van der Waals surface area contributed by atoms with E-state index < -0.39 is 0 Å². The summed E-state index contributed by atoms with van der Waals surface area (Å²) in [7, 11) is 1.56. The molecule has 6 nitrogen and oxygen atoms in total. The number of hydrogen-bond donors (Lipinski definition) is 2. The molecule has 0 atom stereocenters. The summed E-state index contributed by atoms with van der Waals surface area (Å²) in [5.41, 5.74) is 2.09. The molecule has 7 heteroatoms. The molecule has 2 N–H and O–H groups in total. The lowest BCUT2D eigenvalue weighted by atomic mass is 10.1. The van der Waals surface area contributed by atoms with Crippen LogP contribution in [-0.2, 0) is 0 Å². The smallest absolute Gasteiger partial charge is 0.267 e. The van der Waals surface area contributed by atoms with Crippen LogP contribution in [0.2, 0.25) is 0 Å². The maximum Gasteiger partial charge on any atom is 0.267 e. The Morgan fingerprint density at radius 3 is 2.48 bits per heavy atom. The number of amides is 2. The van der Waals surface area contributed by atoms with Gasteiger partial charge >= 0.3 is 0 Å². The van der Waals surface area contributed by atoms with Gasteiger partial charge in [0.25, 0.3) is 11.8 Å². The number of nitrogens with one attached hydrogen (secondary N) is 2. The minimum atomic E-state index is -0.323. The van der Waals surface area contributed by atoms with Gasteiger partial charge in [-0.15, -0.1) is 11.3 Å². The summed E-state index contributed by atoms with van der Waals surface area (Å²) in [5, 5.41) is 6.46. The van der Waals surface area contributed by atoms with Crippen LogP contribution in [0.4, 0.5) is 11.4 Å². The van der Waals surface area contributed by atoms with Gasteiger partial charge in [-0.25, -0.2) is 4.98 Å². The lowest BCUT2D eigenvalue weighted by Crippen LogP contribution is -2.18. The number of para-hydroxylation sites is 1. The Bertz CT molecular complexity index is 998. The number of ether oxygens (including phenoxy) is 1. The molecule has 0 unspecified atom stereocenters. The van der Waals surface area contributed by atoms with Crippen molar-refractivity contribution in [3.8, 4) is 5.75 Å². The van der Waals surface area contributed by atoms with E-state index >= 15 is 0 Å². The van der Waals surface area contributed by atoms with Crippen molar-refractivity contribution in [2.24, 2.45) is 0 Å². The first-order chi connectivity index (χ1) is 13.0. The van der Waals surface area contributed by atoms with Gasteiger partial charge in [-0.1, -0.05) is 18.2 Å². The Morgan fingerprint density at radius 1 is 1.00 bits per heavy atom. The molecule has 2 aromatic carbocycles. The highest BCUT2D eigenvalue weighted by molar-refractivity contribution is 7.13. The number of carbonyl (C=O) groups is 2. The van der Waals surface area contributed by atoms with Crippen LogP contribution in [0.1, 0.15) is 30.7 Å². The second-order valence-electron chi connectivity index (χ2n) is 5.83. The van der Waals surface area contributed by atoms with Crippen molar-refractivity contribution >= 4 is 34.5 Å². The number of nitrogens with zero attached hydrogens (tertiary/aromatic N) is 1. The molecule has 1 aromatic heterocycles. The maximum absolute atomic E-state index is 12.7. The molecular weight excluding hydrogens is 362 g/mol. The molecule has 2 amide bonds. The first kappa shape index (κ1) is 18.6. The van der Waals surface area contributed by atoms with E-state index in [1.165, 1.54) is 11.3 Å². The van der Waals surface area contributed by atoms with Crippen molar-refractivity contribution in [2.75, 3.05) is 17.7 Å². The molecule has 27 heavy (non-hydrogen) atoms. The number of benzene rings is 2. The van der Waals surface area contributed by atoms with E-state index in [1.807, 2.05) is 6.92 Å². The highest BCUT2D eigenvalue weighted by Gasteiger charge is 2.17. The van der Waals surface area contributed by atoms with Crippen molar-refractivity contribution in [3.05, 3.63) is 69.7 Å². The number of thiazole rings is 1. The predicted octanol–water partition coefficient (Wildman–Crippen LogP) is 4.27. The van der Waals surface area contributed by atoms with Crippen LogP contribution in [0.25, 0.3) is 0 Å². The molecule has 0 aliphatic heterocycles. The van der Waals surface area contributed by atoms with Crippen molar-refractivity contribution in [3.63, 3.8) is 0 Å². The van der Waals surface area contributed by atoms with E-state index in [-0.39, 0.29) is 11.8 Å². The van der Waals surface area contributed by atoms with Crippen LogP contribution in [-0.4, -0.2) is 23.9 Å². The van der Waals surface area contributed by atoms with Crippen LogP contribution >= 0.6 is 11.3 Å². The number of methoxy groups -OCH3 is 1. The molecule has 0 aliphatic carbocycles. The molecule has 0 radical (unpaired) electrons. The number of hydrogen-bond acceptors (Lipinski definition) is 5. The minimum absolute atomic E-state index is 0.278. The summed E-state index contributed by atoms with van der Waals surface area (Å²) in [5.74, 6) is 0.0431. The van der Waals surface area contributed by atoms with Gasteiger partial charge in [0, 0.05) is 11.8 Å². The van der Waals surface area contributed by atoms with Crippen molar-refractivity contribution in [1.29, 1.82) is 0 Å². The van der Waals surface area contributed by atoms with Crippen LogP contribution in [0, 0.1) is 13.8 Å². The number of anilines is 2. The summed E-state index contributed by atoms with van der Waals surface area (Å²) < 4.78 is 5.17. The Balaban J connectivity index is 1.81. The van der Waals surface area contributed by atoms with Gasteiger partial charge < -0.3 is 15.4 Å². The first-order valence-electron chi connectivity index (χ1n) is 8.27. The van der Waals surface area contributed by atoms with Gasteiger partial charge in [0.2, 0.25) is 0 Å². The van der Waals surface area contributed by atoms with Gasteiger partial charge in [0.05, 0.1) is 29.1 Å². The summed E-state index contributed by atoms with van der Waals surface area (Å²) in [6.45, 7) is 3.64. The molecular formula is C20H19N3O3S. The third-order valence-electron chi connectivity index (χ3n) is 3.86. The van der Waals surface area contributed by atoms with E-state index in [9.17, 15) is 9.59 Å². The molecule has 0 saturated carbocycles. The molecule has 138 valence electrons. The molecule has 0 saturated heterocycles. The summed E-state index contributed by atoms with van der Waals surface area (Å²) >= 11 is 1.33. The number of carbonyl (C=O) groups excluding carboxylic acids is 2. The first-order valence-corrected chi connectivity index (χ1v) is 9.09. The lowest BCUT2D eigenvalue weighted by molar-refractivity contribution is 0.102. The van der Waals surface area contributed by atoms with Crippen LogP contribution in [0.15, 0.2) is 48.5 Å². The summed E-state index contributed by atoms with van der Waals surface area (Å²) in [6.07, 6.45) is 0. The average molecular weight is 381 g/mol. The van der Waals surface area contributed by atoms with Gasteiger partial charge in [-0.2, -0.15) is 0 Å². The van der Waals surface area contributed by atoms with E-state index in [0.717, 1.165) is 5.01 Å². The molecule has 1 heterocycles. The van der Waals surface area contributed by atoms with Gasteiger partial charge in [0.15, 0.2) is 0 Å². The van der Waals surface area contributed by atoms with E-state index in [0.29, 0.717) is 33.3 Å². The van der Waals surface area contributed by atoms with Crippen molar-refractivity contribution < 1.29 is 14.3 Å². The normalized spacial score (nSPS) is 10.3. The van der Waals surface area contributed by atoms with Crippen LogP contribution in [0.3, 0.4) is 0 Å². The predicted molar refractivity (Wildman–Crippen MR) is 107 cm³/mol. The van der Waals surface area contributed by atoms with E-state index in [1.54, 1.807) is 62.6 Å². The zero-order valence-electron chi connectivity index (χ0n) is 15.2. The van der Waals surface area contributed by atoms with Crippen LogP contribution < -0.4 is 15.4 Å². The second kappa shape index (κ2) is 8.01. The molecule has 3 aromatic rings. The van der Waals surface area contributed by atoms with Gasteiger partial charge in [0.1, 0.15) is 10.6 Å². The van der Waals surface area contributed by atoms with Gasteiger partial charge in [-0.05, 0) is 38.1 Å². The number of rotatable bonds is 5. The quantitative estimate of drug-likeness (QED) is 0.691. The SMILES string of the molecule is COc1cccc(NC(=O)c2ccccc2NC(=O)c2sc(C)nc2C)c1. The zero-order valence-corrected chi connectivity index (χ0v) is 16.0. The third kappa shape index (κ3) is 4.32. The topological polar surface area (TPSA) is 80.3 Å². The lowest BCUT2D eigenvalue weighted by Gasteiger charge is -2.11. The highest BCUT2D eigenvalue weighted by atomic mass is 32.1. The fourth-order valence-electron chi connectivity index (χ4n) is 2.61. The molecule has 3 rings (SSSR count). The zero-order chi connectivity index (χ0) is 19.4. The fourth-order valence-corrected chi connectivity index (χ4v) is 3.43. The Labute approximate surface area is 161 Å².